The van der Waals surface area contributed by atoms with E-state index < -0.39 is 12.0 Å². The second-order valence-electron chi connectivity index (χ2n) is 6.87. The third-order valence-electron chi connectivity index (χ3n) is 4.64. The van der Waals surface area contributed by atoms with Gasteiger partial charge in [0.05, 0.1) is 5.69 Å². The summed E-state index contributed by atoms with van der Waals surface area (Å²) >= 11 is 0. The zero-order valence-corrected chi connectivity index (χ0v) is 15.4. The summed E-state index contributed by atoms with van der Waals surface area (Å²) in [4.78, 5) is 23.7. The average Bonchev–Trinajstić information content (AvgIpc) is 3.15. The first-order valence-corrected chi connectivity index (χ1v) is 8.80. The Morgan fingerprint density at radius 1 is 1.41 bits per heavy atom. The molecule has 1 atom stereocenters. The maximum atomic E-state index is 11.7. The van der Waals surface area contributed by atoms with Crippen molar-refractivity contribution < 1.29 is 14.7 Å². The molecule has 1 aromatic carbocycles. The molecule has 1 aromatic heterocycles. The molecule has 140 valence electrons. The number of nitrogens with zero attached hydrogens (tertiary/aromatic N) is 3. The Bertz CT molecular complexity index is 952. The number of fused-ring (bicyclic) bond motifs is 1. The molecule has 0 aliphatic heterocycles. The van der Waals surface area contributed by atoms with Crippen LogP contribution in [0, 0.1) is 17.8 Å². The lowest BCUT2D eigenvalue weighted by Gasteiger charge is -2.09. The second-order valence-corrected chi connectivity index (χ2v) is 6.87. The molecule has 2 amide bonds. The van der Waals surface area contributed by atoms with E-state index in [4.69, 9.17) is 10.8 Å². The van der Waals surface area contributed by atoms with Crippen LogP contribution in [0.25, 0.3) is 5.69 Å². The summed E-state index contributed by atoms with van der Waals surface area (Å²) in [6.07, 6.45) is 1.15. The average molecular weight is 366 g/mol. The zero-order chi connectivity index (χ0) is 19.6. The molecule has 27 heavy (non-hydrogen) atoms. The predicted octanol–water partition coefficient (Wildman–Crippen LogP) is 2.06. The van der Waals surface area contributed by atoms with Crippen molar-refractivity contribution >= 4 is 12.0 Å². The fourth-order valence-corrected chi connectivity index (χ4v) is 3.27. The van der Waals surface area contributed by atoms with Gasteiger partial charge in [-0.25, -0.2) is 9.48 Å². The van der Waals surface area contributed by atoms with Gasteiger partial charge in [-0.1, -0.05) is 24.8 Å². The highest BCUT2D eigenvalue weighted by molar-refractivity contribution is 5.92. The Labute approximate surface area is 157 Å². The molecule has 7 heteroatoms. The number of amides is 2. The molecule has 1 aliphatic carbocycles. The first-order chi connectivity index (χ1) is 12.9. The van der Waals surface area contributed by atoms with Gasteiger partial charge in [-0.3, -0.25) is 4.79 Å². The number of rotatable bonds is 4. The van der Waals surface area contributed by atoms with E-state index in [0.29, 0.717) is 24.6 Å². The minimum absolute atomic E-state index is 0.350. The van der Waals surface area contributed by atoms with Crippen LogP contribution in [-0.4, -0.2) is 45.4 Å². The van der Waals surface area contributed by atoms with E-state index in [1.807, 2.05) is 24.3 Å². The van der Waals surface area contributed by atoms with Crippen LogP contribution < -0.4 is 5.73 Å². The van der Waals surface area contributed by atoms with Crippen molar-refractivity contribution in [3.63, 3.8) is 0 Å². The van der Waals surface area contributed by atoms with E-state index in [2.05, 4.69) is 23.9 Å². The molecule has 1 aliphatic rings. The van der Waals surface area contributed by atoms with Crippen molar-refractivity contribution in [3.05, 3.63) is 46.8 Å². The minimum atomic E-state index is -0.967. The maximum Gasteiger partial charge on any atom is 0.407 e. The van der Waals surface area contributed by atoms with Crippen molar-refractivity contribution in [3.8, 4) is 17.5 Å². The number of hydrogen-bond acceptors (Lipinski definition) is 3. The molecular formula is C20H22N4O3. The summed E-state index contributed by atoms with van der Waals surface area (Å²) in [6.45, 7) is 2.50. The van der Waals surface area contributed by atoms with Gasteiger partial charge in [0.2, 0.25) is 0 Å². The number of hydrogen-bond donors (Lipinski definition) is 2. The van der Waals surface area contributed by atoms with Crippen molar-refractivity contribution in [2.75, 3.05) is 13.6 Å². The smallest absolute Gasteiger partial charge is 0.407 e. The van der Waals surface area contributed by atoms with Gasteiger partial charge in [-0.05, 0) is 37.0 Å². The van der Waals surface area contributed by atoms with Crippen LogP contribution in [-0.2, 0) is 12.8 Å². The fraction of sp³-hybridized carbons (Fsp3) is 0.350. The number of carboxylic acid groups (broad SMARTS) is 1. The third-order valence-corrected chi connectivity index (χ3v) is 4.64. The summed E-state index contributed by atoms with van der Waals surface area (Å²) < 4.78 is 1.79. The normalized spacial score (nSPS) is 15.0. The molecule has 0 saturated heterocycles. The lowest BCUT2D eigenvalue weighted by atomic mass is 10.1. The van der Waals surface area contributed by atoms with Crippen molar-refractivity contribution in [1.82, 2.24) is 14.7 Å². The van der Waals surface area contributed by atoms with Crippen LogP contribution in [0.1, 0.15) is 40.7 Å². The van der Waals surface area contributed by atoms with Gasteiger partial charge in [0.15, 0.2) is 5.69 Å². The number of nitrogens with two attached hydrogens (primary N) is 1. The van der Waals surface area contributed by atoms with E-state index in [-0.39, 0.29) is 0 Å². The highest BCUT2D eigenvalue weighted by Crippen LogP contribution is 2.31. The van der Waals surface area contributed by atoms with Gasteiger partial charge < -0.3 is 15.7 Å². The summed E-state index contributed by atoms with van der Waals surface area (Å²) in [6, 6.07) is 7.61. The summed E-state index contributed by atoms with van der Waals surface area (Å²) in [7, 11) is 1.51. The van der Waals surface area contributed by atoms with Crippen molar-refractivity contribution in [1.29, 1.82) is 0 Å². The van der Waals surface area contributed by atoms with E-state index in [1.54, 1.807) is 4.68 Å². The molecule has 0 saturated carbocycles. The molecular weight excluding hydrogens is 344 g/mol. The molecule has 0 unspecified atom stereocenters. The largest absolute Gasteiger partial charge is 0.465 e. The lowest BCUT2D eigenvalue weighted by Crippen LogP contribution is -2.25. The van der Waals surface area contributed by atoms with Gasteiger partial charge in [-0.2, -0.15) is 5.10 Å². The number of aromatic nitrogens is 2. The first-order valence-electron chi connectivity index (χ1n) is 8.80. The fourth-order valence-electron chi connectivity index (χ4n) is 3.27. The Balaban J connectivity index is 1.84. The Morgan fingerprint density at radius 3 is 2.89 bits per heavy atom. The molecule has 0 bridgehead atoms. The van der Waals surface area contributed by atoms with E-state index in [0.717, 1.165) is 35.3 Å². The number of primary amides is 1. The molecule has 1 heterocycles. The number of benzene rings is 1. The van der Waals surface area contributed by atoms with Crippen molar-refractivity contribution in [2.45, 2.75) is 26.2 Å². The summed E-state index contributed by atoms with van der Waals surface area (Å²) in [5.74, 6) is 6.00. The summed E-state index contributed by atoms with van der Waals surface area (Å²) in [5, 5.41) is 13.3. The lowest BCUT2D eigenvalue weighted by molar-refractivity contribution is 0.0994. The topological polar surface area (TPSA) is 101 Å². The van der Waals surface area contributed by atoms with Gasteiger partial charge in [0.1, 0.15) is 0 Å². The molecule has 2 aromatic rings. The maximum absolute atomic E-state index is 11.7. The Hall–Kier alpha value is -3.27. The SMILES string of the molecule is C[C@@H]1Cc2c(C(N)=O)nn(-c3cccc(C#CCCN(C)C(=O)O)c3)c2C1. The number of carbonyl (C=O) groups excluding carboxylic acids is 1. The van der Waals surface area contributed by atoms with Crippen LogP contribution >= 0.6 is 0 Å². The standard InChI is InChI=1S/C20H22N4O3/c1-13-10-16-17(11-13)24(22-18(16)19(21)25)15-8-5-7-14(12-15)6-3-4-9-23(2)20(26)27/h5,7-8,12-13H,4,9-11H2,1-2H3,(H2,21,25)(H,26,27)/t13-/m1/s1. The molecule has 0 radical (unpaired) electrons. The highest BCUT2D eigenvalue weighted by atomic mass is 16.4. The first kappa shape index (κ1) is 18.5. The van der Waals surface area contributed by atoms with Crippen LogP contribution in [0.15, 0.2) is 24.3 Å². The second kappa shape index (κ2) is 7.54. The zero-order valence-electron chi connectivity index (χ0n) is 15.4. The molecule has 3 rings (SSSR count). The van der Waals surface area contributed by atoms with Gasteiger partial charge in [0, 0.05) is 36.8 Å². The monoisotopic (exact) mass is 366 g/mol. The summed E-state index contributed by atoms with van der Waals surface area (Å²) in [5.41, 5.74) is 9.47. The van der Waals surface area contributed by atoms with Gasteiger partial charge in [-0.15, -0.1) is 0 Å². The van der Waals surface area contributed by atoms with E-state index in [9.17, 15) is 9.59 Å². The van der Waals surface area contributed by atoms with Crippen LogP contribution in [0.3, 0.4) is 0 Å². The van der Waals surface area contributed by atoms with E-state index in [1.165, 1.54) is 11.9 Å². The molecule has 7 nitrogen and oxygen atoms in total. The van der Waals surface area contributed by atoms with Crippen LogP contribution in [0.2, 0.25) is 0 Å². The minimum Gasteiger partial charge on any atom is -0.465 e. The van der Waals surface area contributed by atoms with E-state index >= 15 is 0 Å². The van der Waals surface area contributed by atoms with Gasteiger partial charge in [0.25, 0.3) is 5.91 Å². The molecule has 0 spiro atoms. The molecule has 3 N–H and O–H groups in total. The third kappa shape index (κ3) is 3.95. The van der Waals surface area contributed by atoms with Crippen LogP contribution in [0.5, 0.6) is 0 Å². The predicted molar refractivity (Wildman–Crippen MR) is 101 cm³/mol. The quantitative estimate of drug-likeness (QED) is 0.809. The number of carbonyl (C=O) groups is 2. The molecule has 0 fully saturated rings. The Morgan fingerprint density at radius 2 is 2.19 bits per heavy atom. The Kier molecular flexibility index (Phi) is 5.17. The van der Waals surface area contributed by atoms with Crippen LogP contribution in [0.4, 0.5) is 4.79 Å². The highest BCUT2D eigenvalue weighted by Gasteiger charge is 2.29. The van der Waals surface area contributed by atoms with Gasteiger partial charge >= 0.3 is 6.09 Å². The van der Waals surface area contributed by atoms with Crippen molar-refractivity contribution in [2.24, 2.45) is 11.7 Å².